The van der Waals surface area contributed by atoms with Crippen molar-refractivity contribution in [2.24, 2.45) is 0 Å². The van der Waals surface area contributed by atoms with Crippen molar-refractivity contribution < 1.29 is 9.47 Å². The first-order valence-corrected chi connectivity index (χ1v) is 40.7. The summed E-state index contributed by atoms with van der Waals surface area (Å²) >= 11 is 0. The van der Waals surface area contributed by atoms with Gasteiger partial charge in [0, 0.05) is 44.0 Å². The highest BCUT2D eigenvalue weighted by Crippen LogP contribution is 2.48. The number of fused-ring (bicyclic) bond motifs is 14. The molecule has 7 heteroatoms. The molecule has 18 aromatic rings. The van der Waals surface area contributed by atoms with Crippen LogP contribution in [-0.4, -0.2) is 22.6 Å². The van der Waals surface area contributed by atoms with Gasteiger partial charge in [0.15, 0.2) is 0 Å². The van der Waals surface area contributed by atoms with Crippen LogP contribution in [0.4, 0.5) is 0 Å². The molecule has 0 atom stereocenters. The van der Waals surface area contributed by atoms with Crippen LogP contribution in [0.3, 0.4) is 0 Å². The average molecular weight is 1490 g/mol. The summed E-state index contributed by atoms with van der Waals surface area (Å²) in [7, 11) is 0. The fourth-order valence-electron chi connectivity index (χ4n) is 21.5. The molecule has 4 aliphatic heterocycles. The molecule has 0 amide bonds. The number of benzene rings is 16. The van der Waals surface area contributed by atoms with Gasteiger partial charge in [-0.05, 0) is 352 Å². The monoisotopic (exact) mass is 1490 g/mol. The summed E-state index contributed by atoms with van der Waals surface area (Å²) in [6.45, 7) is 26.6. The molecule has 550 valence electrons. The van der Waals surface area contributed by atoms with Crippen LogP contribution in [-0.2, 0) is 0 Å². The third-order valence-electron chi connectivity index (χ3n) is 25.9. The summed E-state index contributed by atoms with van der Waals surface area (Å²) in [6, 6.07) is 105. The molecule has 0 bridgehead atoms. The lowest BCUT2D eigenvalue weighted by Crippen LogP contribution is -2.58. The van der Waals surface area contributed by atoms with Crippen molar-refractivity contribution >= 4 is 89.8 Å². The molecule has 0 saturated carbocycles. The van der Waals surface area contributed by atoms with Gasteiger partial charge in [-0.25, -0.2) is 0 Å². The summed E-state index contributed by atoms with van der Waals surface area (Å²) in [5.41, 5.74) is 51.1. The highest BCUT2D eigenvalue weighted by atomic mass is 16.5. The standard InChI is InChI=1S/C109H81B2N3O2/c1-59-37-63(5)102(64(6)38-59)80-31-35-94-86(46-80)88-48-84(104-67(9)41-61(3)42-68(104)10)50-92-108(88)113(94)96-52-82(72-17-14-13-15-18-72)56-100-106(96)110(92)90-33-29-78(54-98(90)115-100)74-27-25-73(26-28-74)76-19-16-20-77(45-76)79-30-34-91-99(55-79)116-101-57-83(75-23-21-71(58-112)22-24-75)53-97-107(101)111(91)93-51-85(105-69(11)43-62(4)44-70(105)12)49-89-87-47-81(32-36-95(87)114(97)109(89)93)103-65(7)39-60(2)40-66(103)8/h13-57H,1-12H3. The highest BCUT2D eigenvalue weighted by Gasteiger charge is 2.44. The van der Waals surface area contributed by atoms with Crippen molar-refractivity contribution in [1.29, 1.82) is 5.26 Å². The number of aromatic nitrogens is 2. The van der Waals surface area contributed by atoms with Crippen molar-refractivity contribution in [3.8, 4) is 141 Å². The van der Waals surface area contributed by atoms with Crippen molar-refractivity contribution in [3.05, 3.63) is 345 Å². The van der Waals surface area contributed by atoms with Crippen LogP contribution in [0.15, 0.2) is 273 Å². The first-order chi connectivity index (χ1) is 56.3. The zero-order chi connectivity index (χ0) is 78.7. The van der Waals surface area contributed by atoms with E-state index in [9.17, 15) is 5.26 Å². The fourth-order valence-corrected chi connectivity index (χ4v) is 21.5. The Morgan fingerprint density at radius 3 is 0.983 bits per heavy atom. The first-order valence-electron chi connectivity index (χ1n) is 40.7. The van der Waals surface area contributed by atoms with E-state index in [0.717, 1.165) is 112 Å². The van der Waals surface area contributed by atoms with Gasteiger partial charge in [-0.15, -0.1) is 0 Å². The number of nitrogens with zero attached hydrogens (tertiary/aromatic N) is 3. The quantitative estimate of drug-likeness (QED) is 0.135. The summed E-state index contributed by atoms with van der Waals surface area (Å²) < 4.78 is 20.0. The van der Waals surface area contributed by atoms with Crippen LogP contribution >= 0.6 is 0 Å². The van der Waals surface area contributed by atoms with Crippen molar-refractivity contribution in [3.63, 3.8) is 0 Å². The summed E-state index contributed by atoms with van der Waals surface area (Å²) in [5, 5.41) is 14.9. The Morgan fingerprint density at radius 2 is 0.569 bits per heavy atom. The Kier molecular flexibility index (Phi) is 15.3. The normalized spacial score (nSPS) is 12.6. The predicted molar refractivity (Wildman–Crippen MR) is 488 cm³/mol. The molecule has 0 fully saturated rings. The molecule has 0 spiro atoms. The maximum absolute atomic E-state index is 9.96. The number of hydrogen-bond acceptors (Lipinski definition) is 3. The van der Waals surface area contributed by atoms with E-state index < -0.39 is 0 Å². The van der Waals surface area contributed by atoms with Gasteiger partial charge in [0.2, 0.25) is 0 Å². The highest BCUT2D eigenvalue weighted by molar-refractivity contribution is 7.00. The van der Waals surface area contributed by atoms with Gasteiger partial charge >= 0.3 is 0 Å². The minimum Gasteiger partial charge on any atom is -0.458 e. The van der Waals surface area contributed by atoms with Gasteiger partial charge in [0.1, 0.15) is 23.0 Å². The van der Waals surface area contributed by atoms with E-state index in [1.807, 2.05) is 12.1 Å². The van der Waals surface area contributed by atoms with Crippen LogP contribution in [0.2, 0.25) is 0 Å². The van der Waals surface area contributed by atoms with E-state index >= 15 is 0 Å². The second-order valence-electron chi connectivity index (χ2n) is 33.8. The molecule has 0 saturated heterocycles. The van der Waals surface area contributed by atoms with E-state index in [2.05, 4.69) is 359 Å². The number of hydrogen-bond donors (Lipinski definition) is 0. The van der Waals surface area contributed by atoms with E-state index in [1.165, 1.54) is 166 Å². The van der Waals surface area contributed by atoms with Gasteiger partial charge in [-0.1, -0.05) is 204 Å². The van der Waals surface area contributed by atoms with Crippen molar-refractivity contribution in [2.75, 3.05) is 0 Å². The Bertz CT molecular complexity index is 7380. The SMILES string of the molecule is Cc1cc(C)c(-c2ccc3c(c2)c2cc(-c4c(C)cc(C)cc4C)cc4c2n3-c2cc(-c3ccccc3)cc3c2B4c2ccc(-c4ccc(-c5cccc(-c6ccc7c(c6)Oc6cc(-c8ccc(C#N)cc8)cc8c6B7c6cc(-c7c(C)cc(C)cc7C)cc7c9cc(-c%10c(C)cc(C)cc%10C)ccc9n-8c67)c5)cc4)cc2O3)c(C)c1. The molecule has 0 unspecified atom stereocenters. The Morgan fingerprint density at radius 1 is 0.250 bits per heavy atom. The van der Waals surface area contributed by atoms with Crippen LogP contribution < -0.4 is 42.3 Å². The van der Waals surface area contributed by atoms with Crippen LogP contribution in [0.5, 0.6) is 23.0 Å². The zero-order valence-electron chi connectivity index (χ0n) is 67.3. The molecule has 5 nitrogen and oxygen atoms in total. The number of aryl methyl sites for hydroxylation is 12. The molecule has 6 heterocycles. The molecule has 16 aromatic carbocycles. The lowest BCUT2D eigenvalue weighted by molar-refractivity contribution is 0.487. The summed E-state index contributed by atoms with van der Waals surface area (Å²) in [4.78, 5) is 0. The minimum absolute atomic E-state index is 0.113. The molecule has 2 aromatic heterocycles. The summed E-state index contributed by atoms with van der Waals surface area (Å²) in [6.07, 6.45) is 0. The van der Waals surface area contributed by atoms with Crippen molar-refractivity contribution in [1.82, 2.24) is 9.13 Å². The molecule has 0 radical (unpaired) electrons. The third-order valence-corrected chi connectivity index (χ3v) is 25.9. The molecule has 0 N–H and O–H groups in total. The second kappa shape index (κ2) is 25.7. The van der Waals surface area contributed by atoms with E-state index in [4.69, 9.17) is 9.47 Å². The topological polar surface area (TPSA) is 52.1 Å². The van der Waals surface area contributed by atoms with Gasteiger partial charge in [0.05, 0.1) is 22.7 Å². The lowest BCUT2D eigenvalue weighted by atomic mass is 9.34. The fraction of sp³-hybridized carbons (Fsp3) is 0.110. The van der Waals surface area contributed by atoms with Gasteiger partial charge < -0.3 is 18.6 Å². The van der Waals surface area contributed by atoms with E-state index in [1.54, 1.807) is 0 Å². The molecular formula is C109H81B2N3O2. The maximum Gasteiger partial charge on any atom is 0.256 e. The number of nitriles is 1. The average Bonchev–Trinajstić information content (AvgIpc) is 1.46. The van der Waals surface area contributed by atoms with E-state index in [0.29, 0.717) is 5.56 Å². The Balaban J connectivity index is 0.650. The molecule has 0 aliphatic carbocycles. The van der Waals surface area contributed by atoms with Gasteiger partial charge in [-0.3, -0.25) is 0 Å². The zero-order valence-corrected chi connectivity index (χ0v) is 67.3. The van der Waals surface area contributed by atoms with E-state index in [-0.39, 0.29) is 13.4 Å². The predicted octanol–water partition coefficient (Wildman–Crippen LogP) is 24.3. The van der Waals surface area contributed by atoms with Crippen LogP contribution in [0, 0.1) is 94.4 Å². The smallest absolute Gasteiger partial charge is 0.256 e. The molecule has 116 heavy (non-hydrogen) atoms. The third kappa shape index (κ3) is 10.6. The molecule has 4 aliphatic rings. The largest absolute Gasteiger partial charge is 0.458 e. The van der Waals surface area contributed by atoms with Crippen molar-refractivity contribution in [2.45, 2.75) is 83.1 Å². The van der Waals surface area contributed by atoms with Gasteiger partial charge in [0.25, 0.3) is 13.4 Å². The lowest BCUT2D eigenvalue weighted by Gasteiger charge is -2.34. The molecule has 22 rings (SSSR count). The van der Waals surface area contributed by atoms with Gasteiger partial charge in [-0.2, -0.15) is 5.26 Å². The maximum atomic E-state index is 9.96. The number of ether oxygens (including phenoxy) is 2. The molecular weight excluding hydrogens is 1400 g/mol. The van der Waals surface area contributed by atoms with Crippen LogP contribution in [0.1, 0.15) is 72.3 Å². The Hall–Kier alpha value is -13.7. The first kappa shape index (κ1) is 69.1. The second-order valence-corrected chi connectivity index (χ2v) is 33.8. The Labute approximate surface area is 678 Å². The van der Waals surface area contributed by atoms with Crippen LogP contribution in [0.25, 0.3) is 155 Å². The number of rotatable bonds is 9. The summed E-state index contributed by atoms with van der Waals surface area (Å²) in [5.74, 6) is 3.42. The minimum atomic E-state index is -0.155.